The fourth-order valence-electron chi connectivity index (χ4n) is 1.30. The minimum atomic E-state index is 0.804. The number of aryl methyl sites for hydroxylation is 1. The van der Waals surface area contributed by atoms with Gasteiger partial charge in [-0.2, -0.15) is 0 Å². The predicted octanol–water partition coefficient (Wildman–Crippen LogP) is 4.53. The van der Waals surface area contributed by atoms with Crippen LogP contribution in [-0.2, 0) is 0 Å². The Morgan fingerprint density at radius 3 is 2.07 bits per heavy atom. The second-order valence-corrected chi connectivity index (χ2v) is 4.03. The van der Waals surface area contributed by atoms with Crippen LogP contribution < -0.4 is 0 Å². The van der Waals surface area contributed by atoms with Gasteiger partial charge < -0.3 is 0 Å². The first-order valence-corrected chi connectivity index (χ1v) is 5.09. The summed E-state index contributed by atoms with van der Waals surface area (Å²) < 4.78 is 0. The van der Waals surface area contributed by atoms with Crippen LogP contribution in [0.2, 0.25) is 0 Å². The van der Waals surface area contributed by atoms with Crippen molar-refractivity contribution in [3.05, 3.63) is 66.3 Å². The van der Waals surface area contributed by atoms with E-state index in [1.54, 1.807) is 0 Å². The quantitative estimate of drug-likeness (QED) is 0.623. The van der Waals surface area contributed by atoms with Gasteiger partial charge in [0.25, 0.3) is 0 Å². The third-order valence-electron chi connectivity index (χ3n) is 2.49. The highest BCUT2D eigenvalue weighted by Gasteiger charge is 2.01. The highest BCUT2D eigenvalue weighted by Crippen LogP contribution is 2.22. The molecule has 0 saturated carbocycles. The maximum absolute atomic E-state index is 4.08. The molecule has 0 saturated heterocycles. The van der Waals surface area contributed by atoms with E-state index >= 15 is 0 Å². The zero-order valence-corrected chi connectivity index (χ0v) is 9.64. The average molecular weight is 198 g/mol. The van der Waals surface area contributed by atoms with Gasteiger partial charge in [-0.15, -0.1) is 0 Å². The van der Waals surface area contributed by atoms with Crippen LogP contribution in [0.3, 0.4) is 0 Å². The molecule has 0 aliphatic carbocycles. The lowest BCUT2D eigenvalue weighted by Crippen LogP contribution is -1.87. The third-order valence-corrected chi connectivity index (χ3v) is 2.49. The Hall–Kier alpha value is -1.56. The Morgan fingerprint density at radius 2 is 1.60 bits per heavy atom. The van der Waals surface area contributed by atoms with Crippen molar-refractivity contribution in [1.82, 2.24) is 0 Å². The van der Waals surface area contributed by atoms with Gasteiger partial charge in [0.1, 0.15) is 0 Å². The molecule has 0 radical (unpaired) electrons. The van der Waals surface area contributed by atoms with Gasteiger partial charge in [-0.1, -0.05) is 55.1 Å². The average Bonchev–Trinajstić information content (AvgIpc) is 2.18. The number of allylic oxidation sites excluding steroid dienone is 3. The maximum atomic E-state index is 4.08. The minimum Gasteiger partial charge on any atom is -0.0958 e. The van der Waals surface area contributed by atoms with E-state index in [4.69, 9.17) is 0 Å². The van der Waals surface area contributed by atoms with Crippen LogP contribution in [0.1, 0.15) is 24.5 Å². The molecule has 0 aliphatic rings. The van der Waals surface area contributed by atoms with E-state index in [0.29, 0.717) is 0 Å². The maximum Gasteiger partial charge on any atom is -0.00292 e. The molecular formula is C15H18. The van der Waals surface area contributed by atoms with E-state index in [1.807, 2.05) is 6.92 Å². The summed E-state index contributed by atoms with van der Waals surface area (Å²) in [6.45, 7) is 16.0. The van der Waals surface area contributed by atoms with Crippen molar-refractivity contribution in [3.63, 3.8) is 0 Å². The molecule has 0 nitrogen and oxygen atoms in total. The Balaban J connectivity index is 2.74. The van der Waals surface area contributed by atoms with E-state index < -0.39 is 0 Å². The van der Waals surface area contributed by atoms with Crippen LogP contribution in [0.5, 0.6) is 0 Å². The van der Waals surface area contributed by atoms with Crippen LogP contribution in [0.4, 0.5) is 0 Å². The van der Waals surface area contributed by atoms with E-state index in [1.165, 1.54) is 11.1 Å². The summed E-state index contributed by atoms with van der Waals surface area (Å²) in [6, 6.07) is 8.40. The Morgan fingerprint density at radius 1 is 1.07 bits per heavy atom. The van der Waals surface area contributed by atoms with Gasteiger partial charge in [-0.25, -0.2) is 0 Å². The number of hydrogen-bond donors (Lipinski definition) is 0. The Labute approximate surface area is 92.6 Å². The molecule has 0 atom stereocenters. The molecule has 1 aromatic rings. The van der Waals surface area contributed by atoms with Crippen LogP contribution in [0, 0.1) is 6.92 Å². The van der Waals surface area contributed by atoms with Gasteiger partial charge in [-0.3, -0.25) is 0 Å². The molecule has 1 rings (SSSR count). The Kier molecular flexibility index (Phi) is 3.68. The molecule has 1 aromatic carbocycles. The minimum absolute atomic E-state index is 0.804. The molecule has 0 heterocycles. The second-order valence-electron chi connectivity index (χ2n) is 4.03. The topological polar surface area (TPSA) is 0 Å². The van der Waals surface area contributed by atoms with Gasteiger partial charge in [0.15, 0.2) is 0 Å². The van der Waals surface area contributed by atoms with Gasteiger partial charge >= 0.3 is 0 Å². The van der Waals surface area contributed by atoms with Crippen molar-refractivity contribution in [2.45, 2.75) is 20.3 Å². The highest BCUT2D eigenvalue weighted by atomic mass is 14.1. The normalized spacial score (nSPS) is 9.73. The van der Waals surface area contributed by atoms with Crippen molar-refractivity contribution in [1.29, 1.82) is 0 Å². The smallest absolute Gasteiger partial charge is 0.00292 e. The second kappa shape index (κ2) is 4.79. The monoisotopic (exact) mass is 198 g/mol. The fraction of sp³-hybridized carbons (Fsp3) is 0.200. The highest BCUT2D eigenvalue weighted by molar-refractivity contribution is 5.66. The summed E-state index contributed by atoms with van der Waals surface area (Å²) >= 11 is 0. The first-order valence-electron chi connectivity index (χ1n) is 5.09. The van der Waals surface area contributed by atoms with Crippen molar-refractivity contribution >= 4 is 5.57 Å². The zero-order chi connectivity index (χ0) is 11.4. The van der Waals surface area contributed by atoms with Crippen molar-refractivity contribution in [2.24, 2.45) is 0 Å². The summed E-state index contributed by atoms with van der Waals surface area (Å²) in [5, 5.41) is 0. The SMILES string of the molecule is C=C(C)C(=C)CC(=C)c1ccc(C)cc1. The van der Waals surface area contributed by atoms with Crippen molar-refractivity contribution in [3.8, 4) is 0 Å². The Bertz CT molecular complexity index is 391. The molecule has 0 heteroatoms. The summed E-state index contributed by atoms with van der Waals surface area (Å²) in [6.07, 6.45) is 0.804. The largest absolute Gasteiger partial charge is 0.0958 e. The first-order chi connectivity index (χ1) is 7.00. The zero-order valence-electron chi connectivity index (χ0n) is 9.64. The van der Waals surface area contributed by atoms with Crippen molar-refractivity contribution in [2.75, 3.05) is 0 Å². The molecule has 0 aromatic heterocycles. The number of rotatable bonds is 4. The molecular weight excluding hydrogens is 180 g/mol. The predicted molar refractivity (Wildman–Crippen MR) is 68.8 cm³/mol. The van der Waals surface area contributed by atoms with Crippen LogP contribution >= 0.6 is 0 Å². The van der Waals surface area contributed by atoms with Gasteiger partial charge in [0, 0.05) is 0 Å². The first kappa shape index (κ1) is 11.5. The van der Waals surface area contributed by atoms with E-state index in [0.717, 1.165) is 23.1 Å². The van der Waals surface area contributed by atoms with Crippen molar-refractivity contribution < 1.29 is 0 Å². The molecule has 0 N–H and O–H groups in total. The molecule has 78 valence electrons. The summed E-state index contributed by atoms with van der Waals surface area (Å²) in [4.78, 5) is 0. The van der Waals surface area contributed by atoms with E-state index in [9.17, 15) is 0 Å². The molecule has 0 fully saturated rings. The standard InChI is InChI=1S/C15H18/c1-11(2)13(4)10-14(5)15-8-6-12(3)7-9-15/h6-9H,1,4-5,10H2,2-3H3. The third kappa shape index (κ3) is 3.25. The lowest BCUT2D eigenvalue weighted by atomic mass is 9.97. The molecule has 15 heavy (non-hydrogen) atoms. The van der Waals surface area contributed by atoms with E-state index in [-0.39, 0.29) is 0 Å². The summed E-state index contributed by atoms with van der Waals surface area (Å²) in [5.41, 5.74) is 5.64. The fourth-order valence-corrected chi connectivity index (χ4v) is 1.30. The van der Waals surface area contributed by atoms with Crippen LogP contribution in [0.25, 0.3) is 5.57 Å². The number of benzene rings is 1. The lowest BCUT2D eigenvalue weighted by molar-refractivity contribution is 1.24. The van der Waals surface area contributed by atoms with Gasteiger partial charge in [0.2, 0.25) is 0 Å². The molecule has 0 spiro atoms. The molecule has 0 aliphatic heterocycles. The van der Waals surface area contributed by atoms with Gasteiger partial charge in [0.05, 0.1) is 0 Å². The summed E-state index contributed by atoms with van der Waals surface area (Å²) in [5.74, 6) is 0. The number of hydrogen-bond acceptors (Lipinski definition) is 0. The van der Waals surface area contributed by atoms with Crippen LogP contribution in [0.15, 0.2) is 55.1 Å². The van der Waals surface area contributed by atoms with E-state index in [2.05, 4.69) is 50.9 Å². The van der Waals surface area contributed by atoms with Gasteiger partial charge in [-0.05, 0) is 37.0 Å². The summed E-state index contributed by atoms with van der Waals surface area (Å²) in [7, 11) is 0. The lowest BCUT2D eigenvalue weighted by Gasteiger charge is -2.08. The molecule has 0 unspecified atom stereocenters. The van der Waals surface area contributed by atoms with Crippen LogP contribution in [-0.4, -0.2) is 0 Å². The molecule has 0 bridgehead atoms. The molecule has 0 amide bonds.